The Morgan fingerprint density at radius 1 is 1.43 bits per heavy atom. The lowest BCUT2D eigenvalue weighted by Gasteiger charge is -1.99. The van der Waals surface area contributed by atoms with Crippen LogP contribution in [0.3, 0.4) is 0 Å². The lowest BCUT2D eigenvalue weighted by Crippen LogP contribution is -1.99. The number of carbonyl (C=O) groups is 2. The normalized spacial score (nSPS) is 16.6. The van der Waals surface area contributed by atoms with E-state index in [9.17, 15) is 9.59 Å². The van der Waals surface area contributed by atoms with Gasteiger partial charge >= 0.3 is 5.97 Å². The number of ketones is 1. The number of allylic oxidation sites excluding steroid dienone is 2. The second-order valence-corrected chi connectivity index (χ2v) is 2.98. The maximum absolute atomic E-state index is 11.2. The van der Waals surface area contributed by atoms with Crippen LogP contribution in [0.1, 0.15) is 19.8 Å². The van der Waals surface area contributed by atoms with Crippen LogP contribution in [-0.4, -0.2) is 18.9 Å². The molecule has 0 aromatic rings. The molecule has 1 aliphatic carbocycles. The van der Waals surface area contributed by atoms with E-state index < -0.39 is 5.97 Å². The fraction of sp³-hybridized carbons (Fsp3) is 0.400. The second kappa shape index (κ2) is 4.60. The quantitative estimate of drug-likeness (QED) is 0.388. The molecule has 0 atom stereocenters. The summed E-state index contributed by atoms with van der Waals surface area (Å²) in [7, 11) is 1.28. The van der Waals surface area contributed by atoms with Crippen LogP contribution in [0.15, 0.2) is 23.7 Å². The molecular formula is C10H12O4. The third-order valence-electron chi connectivity index (χ3n) is 1.96. The van der Waals surface area contributed by atoms with Crippen molar-refractivity contribution in [1.82, 2.24) is 0 Å². The number of hydrogen-bond donors (Lipinski definition) is 0. The van der Waals surface area contributed by atoms with Crippen LogP contribution in [0.25, 0.3) is 0 Å². The van der Waals surface area contributed by atoms with Gasteiger partial charge in [0, 0.05) is 6.42 Å². The number of hydrogen-bond acceptors (Lipinski definition) is 4. The molecule has 0 amide bonds. The van der Waals surface area contributed by atoms with Gasteiger partial charge in [0.15, 0.2) is 11.5 Å². The van der Waals surface area contributed by atoms with Crippen molar-refractivity contribution >= 4 is 11.8 Å². The van der Waals surface area contributed by atoms with Gasteiger partial charge in [-0.25, -0.2) is 4.79 Å². The predicted molar refractivity (Wildman–Crippen MR) is 49.2 cm³/mol. The van der Waals surface area contributed by atoms with Crippen molar-refractivity contribution in [2.45, 2.75) is 19.8 Å². The highest BCUT2D eigenvalue weighted by Crippen LogP contribution is 2.23. The summed E-state index contributed by atoms with van der Waals surface area (Å²) in [6, 6.07) is 0. The maximum Gasteiger partial charge on any atom is 0.333 e. The third kappa shape index (κ3) is 2.45. The number of methoxy groups -OCH3 is 1. The zero-order valence-corrected chi connectivity index (χ0v) is 8.20. The van der Waals surface area contributed by atoms with E-state index in [1.807, 2.05) is 6.92 Å². The van der Waals surface area contributed by atoms with Crippen LogP contribution >= 0.6 is 0 Å². The Morgan fingerprint density at radius 2 is 2.14 bits per heavy atom. The van der Waals surface area contributed by atoms with Crippen LogP contribution in [-0.2, 0) is 19.1 Å². The molecule has 1 aliphatic rings. The van der Waals surface area contributed by atoms with Gasteiger partial charge in [-0.05, 0) is 18.9 Å². The Bertz CT molecular complexity index is 312. The fourth-order valence-electron chi connectivity index (χ4n) is 1.16. The van der Waals surface area contributed by atoms with Crippen molar-refractivity contribution in [1.29, 1.82) is 0 Å². The zero-order valence-electron chi connectivity index (χ0n) is 8.20. The molecule has 0 heterocycles. The Balaban J connectivity index is 2.53. The first-order chi connectivity index (χ1) is 6.65. The maximum atomic E-state index is 11.2. The van der Waals surface area contributed by atoms with Crippen LogP contribution in [0.5, 0.6) is 0 Å². The minimum absolute atomic E-state index is 0.0167. The SMILES string of the molecule is COC(=O)/C=C/OC1=C(C)CCC1=O. The number of Topliss-reactive ketones (excluding diaryl/α,β-unsaturated/α-hetero) is 1. The average molecular weight is 196 g/mol. The Hall–Kier alpha value is -1.58. The van der Waals surface area contributed by atoms with Crippen molar-refractivity contribution < 1.29 is 19.1 Å². The van der Waals surface area contributed by atoms with Gasteiger partial charge in [0.2, 0.25) is 0 Å². The van der Waals surface area contributed by atoms with E-state index in [-0.39, 0.29) is 5.78 Å². The molecule has 0 aromatic carbocycles. The molecule has 0 N–H and O–H groups in total. The van der Waals surface area contributed by atoms with Crippen LogP contribution in [0, 0.1) is 0 Å². The van der Waals surface area contributed by atoms with E-state index in [4.69, 9.17) is 4.74 Å². The molecule has 0 unspecified atom stereocenters. The Kier molecular flexibility index (Phi) is 3.45. The minimum Gasteiger partial charge on any atom is -0.466 e. The first-order valence-corrected chi connectivity index (χ1v) is 4.29. The zero-order chi connectivity index (χ0) is 10.6. The third-order valence-corrected chi connectivity index (χ3v) is 1.96. The summed E-state index contributed by atoms with van der Waals surface area (Å²) in [5.41, 5.74) is 0.921. The molecule has 0 aromatic heterocycles. The summed E-state index contributed by atoms with van der Waals surface area (Å²) in [6.07, 6.45) is 3.53. The van der Waals surface area contributed by atoms with Gasteiger partial charge in [-0.2, -0.15) is 0 Å². The average Bonchev–Trinajstić information content (AvgIpc) is 2.48. The first kappa shape index (κ1) is 10.5. The van der Waals surface area contributed by atoms with E-state index in [2.05, 4.69) is 4.74 Å². The Labute approximate surface area is 82.2 Å². The highest BCUT2D eigenvalue weighted by atomic mass is 16.5. The lowest BCUT2D eigenvalue weighted by molar-refractivity contribution is -0.135. The van der Waals surface area contributed by atoms with Gasteiger partial charge < -0.3 is 9.47 Å². The van der Waals surface area contributed by atoms with Crippen LogP contribution in [0.4, 0.5) is 0 Å². The van der Waals surface area contributed by atoms with Gasteiger partial charge in [-0.1, -0.05) is 0 Å². The van der Waals surface area contributed by atoms with Crippen molar-refractivity contribution in [3.05, 3.63) is 23.7 Å². The number of carbonyl (C=O) groups excluding carboxylic acids is 2. The molecule has 0 bridgehead atoms. The van der Waals surface area contributed by atoms with Gasteiger partial charge in [0.25, 0.3) is 0 Å². The standard InChI is InChI=1S/C10H12O4/c1-7-3-4-8(11)10(7)14-6-5-9(12)13-2/h5-6H,3-4H2,1-2H3/b6-5+. The van der Waals surface area contributed by atoms with Gasteiger partial charge in [-0.15, -0.1) is 0 Å². The van der Waals surface area contributed by atoms with Gasteiger partial charge in [-0.3, -0.25) is 4.79 Å². The number of ether oxygens (including phenoxy) is 2. The van der Waals surface area contributed by atoms with E-state index in [1.54, 1.807) is 0 Å². The van der Waals surface area contributed by atoms with Crippen LogP contribution < -0.4 is 0 Å². The largest absolute Gasteiger partial charge is 0.466 e. The van der Waals surface area contributed by atoms with E-state index in [0.717, 1.165) is 18.1 Å². The van der Waals surface area contributed by atoms with Crippen molar-refractivity contribution in [2.24, 2.45) is 0 Å². The summed E-state index contributed by atoms with van der Waals surface area (Å²) in [6.45, 7) is 1.84. The molecule has 0 saturated heterocycles. The van der Waals surface area contributed by atoms with Crippen LogP contribution in [0.2, 0.25) is 0 Å². The van der Waals surface area contributed by atoms with E-state index in [1.165, 1.54) is 13.4 Å². The summed E-state index contributed by atoms with van der Waals surface area (Å²) < 4.78 is 9.41. The summed E-state index contributed by atoms with van der Waals surface area (Å²) >= 11 is 0. The molecule has 4 heteroatoms. The second-order valence-electron chi connectivity index (χ2n) is 2.98. The van der Waals surface area contributed by atoms with Crippen molar-refractivity contribution in [2.75, 3.05) is 7.11 Å². The minimum atomic E-state index is -0.506. The van der Waals surface area contributed by atoms with Gasteiger partial charge in [0.05, 0.1) is 19.4 Å². The number of esters is 1. The highest BCUT2D eigenvalue weighted by Gasteiger charge is 2.20. The van der Waals surface area contributed by atoms with E-state index >= 15 is 0 Å². The Morgan fingerprint density at radius 3 is 2.64 bits per heavy atom. The van der Waals surface area contributed by atoms with E-state index in [0.29, 0.717) is 12.2 Å². The predicted octanol–water partition coefficient (Wildman–Crippen LogP) is 1.33. The lowest BCUT2D eigenvalue weighted by atomic mass is 10.3. The molecule has 0 saturated carbocycles. The molecule has 14 heavy (non-hydrogen) atoms. The molecule has 0 spiro atoms. The first-order valence-electron chi connectivity index (χ1n) is 4.29. The fourth-order valence-corrected chi connectivity index (χ4v) is 1.16. The topological polar surface area (TPSA) is 52.6 Å². The summed E-state index contributed by atoms with van der Waals surface area (Å²) in [4.78, 5) is 21.9. The smallest absolute Gasteiger partial charge is 0.333 e. The molecule has 4 nitrogen and oxygen atoms in total. The number of rotatable bonds is 3. The van der Waals surface area contributed by atoms with Crippen molar-refractivity contribution in [3.63, 3.8) is 0 Å². The molecule has 76 valence electrons. The molecule has 0 fully saturated rings. The monoisotopic (exact) mass is 196 g/mol. The summed E-state index contributed by atoms with van der Waals surface area (Å²) in [5, 5.41) is 0. The molecule has 0 aliphatic heterocycles. The highest BCUT2D eigenvalue weighted by molar-refractivity contribution is 5.96. The van der Waals surface area contributed by atoms with Crippen molar-refractivity contribution in [3.8, 4) is 0 Å². The molecular weight excluding hydrogens is 184 g/mol. The molecule has 0 radical (unpaired) electrons. The molecule has 1 rings (SSSR count). The van der Waals surface area contributed by atoms with Gasteiger partial charge in [0.1, 0.15) is 0 Å². The summed E-state index contributed by atoms with van der Waals surface area (Å²) in [5.74, 6) is -0.170.